The molecule has 3 heteroatoms. The van der Waals surface area contributed by atoms with Gasteiger partial charge in [0.15, 0.2) is 0 Å². The summed E-state index contributed by atoms with van der Waals surface area (Å²) in [5.41, 5.74) is 3.71. The molecule has 0 radical (unpaired) electrons. The van der Waals surface area contributed by atoms with Gasteiger partial charge < -0.3 is 4.42 Å². The predicted molar refractivity (Wildman–Crippen MR) is 135 cm³/mol. The topological polar surface area (TPSA) is 16.4 Å². The average molecular weight is 430 g/mol. The largest absolute Gasteiger partial charge is 0.460 e. The molecule has 0 atom stereocenters. The van der Waals surface area contributed by atoms with Crippen molar-refractivity contribution in [1.82, 2.24) is 4.90 Å². The molecule has 0 fully saturated rings. The third-order valence-corrected chi connectivity index (χ3v) is 5.39. The number of likely N-dealkylation sites (N-methyl/N-ethyl adjacent to an activating group) is 1. The highest BCUT2D eigenvalue weighted by atomic mass is 32.1. The van der Waals surface area contributed by atoms with Gasteiger partial charge in [0.1, 0.15) is 11.5 Å². The van der Waals surface area contributed by atoms with Gasteiger partial charge in [0.05, 0.1) is 6.54 Å². The summed E-state index contributed by atoms with van der Waals surface area (Å²) in [5.74, 6) is 8.20. The molecule has 0 unspecified atom stereocenters. The van der Waals surface area contributed by atoms with Crippen LogP contribution in [0.1, 0.15) is 44.8 Å². The number of hydrogen-bond acceptors (Lipinski definition) is 3. The normalized spacial score (nSPS) is 12.0. The summed E-state index contributed by atoms with van der Waals surface area (Å²) in [4.78, 5) is 2.33. The summed E-state index contributed by atoms with van der Waals surface area (Å²) in [7, 11) is 0. The van der Waals surface area contributed by atoms with Crippen molar-refractivity contribution in [3.05, 3.63) is 82.5 Å². The number of rotatable bonds is 8. The Labute approximate surface area is 190 Å². The highest BCUT2D eigenvalue weighted by molar-refractivity contribution is 7.08. The maximum Gasteiger partial charge on any atom is 0.127 e. The number of nitrogens with zero attached hydrogens (tertiary/aromatic N) is 1. The van der Waals surface area contributed by atoms with Gasteiger partial charge in [0.25, 0.3) is 0 Å². The van der Waals surface area contributed by atoms with Gasteiger partial charge in [-0.25, -0.2) is 0 Å². The minimum atomic E-state index is 0.0398. The van der Waals surface area contributed by atoms with E-state index in [2.05, 4.69) is 104 Å². The summed E-state index contributed by atoms with van der Waals surface area (Å²) < 4.78 is 6.03. The van der Waals surface area contributed by atoms with Gasteiger partial charge in [0.2, 0.25) is 0 Å². The third kappa shape index (κ3) is 7.75. The lowest BCUT2D eigenvalue weighted by atomic mass is 9.98. The molecule has 0 N–H and O–H groups in total. The van der Waals surface area contributed by atoms with Crippen molar-refractivity contribution in [1.29, 1.82) is 0 Å². The molecule has 160 valence electrons. The molecule has 1 aromatic carbocycles. The van der Waals surface area contributed by atoms with Gasteiger partial charge in [0, 0.05) is 12.0 Å². The van der Waals surface area contributed by atoms with Crippen molar-refractivity contribution in [2.45, 2.75) is 34.2 Å². The molecule has 0 amide bonds. The molecule has 0 bridgehead atoms. The van der Waals surface area contributed by atoms with E-state index in [9.17, 15) is 0 Å². The van der Waals surface area contributed by atoms with Crippen molar-refractivity contribution in [2.75, 3.05) is 13.1 Å². The molecule has 31 heavy (non-hydrogen) atoms. The lowest BCUT2D eigenvalue weighted by Crippen LogP contribution is -2.22. The summed E-state index contributed by atoms with van der Waals surface area (Å²) in [5, 5.41) is 4.28. The quantitative estimate of drug-likeness (QED) is 0.343. The van der Waals surface area contributed by atoms with Crippen LogP contribution >= 0.6 is 11.3 Å². The SMILES string of the molecule is CCN(CC=CC#CC(C)(C)C)Cc1ccc(C=Cc2cccc(-c3ccsc3)c2)o1. The summed E-state index contributed by atoms with van der Waals surface area (Å²) >= 11 is 1.72. The highest BCUT2D eigenvalue weighted by Gasteiger charge is 2.06. The summed E-state index contributed by atoms with van der Waals surface area (Å²) in [6.45, 7) is 11.1. The first-order valence-corrected chi connectivity index (χ1v) is 11.7. The first-order valence-electron chi connectivity index (χ1n) is 10.7. The van der Waals surface area contributed by atoms with Crippen molar-refractivity contribution < 1.29 is 4.42 Å². The Morgan fingerprint density at radius 1 is 1.06 bits per heavy atom. The number of benzene rings is 1. The summed E-state index contributed by atoms with van der Waals surface area (Å²) in [6, 6.07) is 14.8. The zero-order valence-corrected chi connectivity index (χ0v) is 19.7. The molecule has 2 heterocycles. The monoisotopic (exact) mass is 429 g/mol. The zero-order chi connectivity index (χ0) is 22.1. The van der Waals surface area contributed by atoms with Gasteiger partial charge in [-0.2, -0.15) is 11.3 Å². The van der Waals surface area contributed by atoms with Gasteiger partial charge >= 0.3 is 0 Å². The van der Waals surface area contributed by atoms with Gasteiger partial charge in [-0.1, -0.05) is 49.1 Å². The standard InChI is InChI=1S/C28H31NOS/c1-5-29(18-8-6-7-17-28(2,3)4)21-27-15-14-26(30-27)13-12-23-10-9-11-24(20-23)25-16-19-31-22-25/h6,8-16,19-20,22H,5,18,21H2,1-4H3. The van der Waals surface area contributed by atoms with Crippen LogP contribution in [0.2, 0.25) is 0 Å². The molecule has 3 rings (SSSR count). The number of allylic oxidation sites excluding steroid dienone is 1. The molecule has 0 aliphatic rings. The summed E-state index contributed by atoms with van der Waals surface area (Å²) in [6.07, 6.45) is 8.21. The Bertz CT molecular complexity index is 1070. The highest BCUT2D eigenvalue weighted by Crippen LogP contribution is 2.24. The first kappa shape index (κ1) is 22.9. The second kappa shape index (κ2) is 11.0. The van der Waals surface area contributed by atoms with Gasteiger partial charge in [-0.3, -0.25) is 4.90 Å². The maximum absolute atomic E-state index is 6.03. The van der Waals surface area contributed by atoms with E-state index in [4.69, 9.17) is 4.42 Å². The predicted octanol–water partition coefficient (Wildman–Crippen LogP) is 7.61. The third-order valence-electron chi connectivity index (χ3n) is 4.70. The van der Waals surface area contributed by atoms with Crippen molar-refractivity contribution >= 4 is 23.5 Å². The van der Waals surface area contributed by atoms with Crippen LogP contribution in [0, 0.1) is 17.3 Å². The number of thiophene rings is 1. The van der Waals surface area contributed by atoms with Crippen LogP contribution in [-0.4, -0.2) is 18.0 Å². The zero-order valence-electron chi connectivity index (χ0n) is 18.9. The molecule has 0 aliphatic heterocycles. The smallest absolute Gasteiger partial charge is 0.127 e. The second-order valence-electron chi connectivity index (χ2n) is 8.52. The van der Waals surface area contributed by atoms with E-state index in [0.29, 0.717) is 0 Å². The van der Waals surface area contributed by atoms with E-state index < -0.39 is 0 Å². The minimum Gasteiger partial charge on any atom is -0.460 e. The molecule has 0 aliphatic carbocycles. The number of furan rings is 1. The van der Waals surface area contributed by atoms with E-state index in [1.54, 1.807) is 11.3 Å². The molecule has 2 aromatic heterocycles. The molecule has 0 saturated heterocycles. The van der Waals surface area contributed by atoms with Gasteiger partial charge in [-0.15, -0.1) is 0 Å². The molecular formula is C28H31NOS. The van der Waals surface area contributed by atoms with E-state index in [1.165, 1.54) is 16.7 Å². The fourth-order valence-electron chi connectivity index (χ4n) is 3.04. The van der Waals surface area contributed by atoms with E-state index in [-0.39, 0.29) is 5.41 Å². The lowest BCUT2D eigenvalue weighted by molar-refractivity contribution is 0.281. The van der Waals surface area contributed by atoms with Crippen molar-refractivity contribution in [3.8, 4) is 23.0 Å². The van der Waals surface area contributed by atoms with E-state index in [1.807, 2.05) is 18.2 Å². The maximum atomic E-state index is 6.03. The molecule has 0 saturated carbocycles. The van der Waals surface area contributed by atoms with Crippen LogP contribution in [0.5, 0.6) is 0 Å². The Morgan fingerprint density at radius 3 is 2.68 bits per heavy atom. The van der Waals surface area contributed by atoms with Crippen LogP contribution < -0.4 is 0 Å². The van der Waals surface area contributed by atoms with Crippen molar-refractivity contribution in [2.24, 2.45) is 5.41 Å². The van der Waals surface area contributed by atoms with E-state index >= 15 is 0 Å². The Hall–Kier alpha value is -2.80. The molecule has 3 aromatic rings. The second-order valence-corrected chi connectivity index (χ2v) is 9.30. The molecular weight excluding hydrogens is 398 g/mol. The van der Waals surface area contributed by atoms with Crippen LogP contribution in [0.25, 0.3) is 23.3 Å². The fourth-order valence-corrected chi connectivity index (χ4v) is 3.71. The molecule has 0 spiro atoms. The average Bonchev–Trinajstić information content (AvgIpc) is 3.43. The number of hydrogen-bond donors (Lipinski definition) is 0. The minimum absolute atomic E-state index is 0.0398. The van der Waals surface area contributed by atoms with E-state index in [0.717, 1.165) is 31.2 Å². The lowest BCUT2D eigenvalue weighted by Gasteiger charge is -2.16. The van der Waals surface area contributed by atoms with Gasteiger partial charge in [-0.05, 0) is 91.2 Å². The fraction of sp³-hybridized carbons (Fsp3) is 0.286. The Kier molecular flexibility index (Phi) is 8.12. The molecule has 2 nitrogen and oxygen atoms in total. The Balaban J connectivity index is 1.57. The first-order chi connectivity index (χ1) is 14.9. The van der Waals surface area contributed by atoms with Crippen LogP contribution in [0.3, 0.4) is 0 Å². The van der Waals surface area contributed by atoms with Crippen LogP contribution in [0.4, 0.5) is 0 Å². The van der Waals surface area contributed by atoms with Crippen molar-refractivity contribution in [3.63, 3.8) is 0 Å². The Morgan fingerprint density at radius 2 is 1.94 bits per heavy atom. The van der Waals surface area contributed by atoms with Crippen LogP contribution in [-0.2, 0) is 6.54 Å². The van der Waals surface area contributed by atoms with Crippen LogP contribution in [0.15, 0.2) is 69.8 Å².